The molecule has 1 heterocycles. The van der Waals surface area contributed by atoms with Crippen molar-refractivity contribution in [1.29, 1.82) is 0 Å². The molecule has 0 aliphatic heterocycles. The second kappa shape index (κ2) is 7.15. The average Bonchev–Trinajstić information content (AvgIpc) is 3.01. The van der Waals surface area contributed by atoms with E-state index in [1.54, 1.807) is 14.2 Å². The van der Waals surface area contributed by atoms with Crippen molar-refractivity contribution in [2.45, 2.75) is 25.6 Å². The number of hydrogen-bond donors (Lipinski definition) is 1. The number of benzene rings is 1. The van der Waals surface area contributed by atoms with E-state index in [1.807, 2.05) is 37.3 Å². The number of nitrogens with zero attached hydrogens (tertiary/aromatic N) is 3. The van der Waals surface area contributed by atoms with E-state index >= 15 is 0 Å². The highest BCUT2D eigenvalue weighted by Crippen LogP contribution is 2.15. The molecule has 0 fully saturated rings. The summed E-state index contributed by atoms with van der Waals surface area (Å²) in [5, 5.41) is 3.82. The summed E-state index contributed by atoms with van der Waals surface area (Å²) in [5.74, 6) is 0.575. The van der Waals surface area contributed by atoms with Crippen molar-refractivity contribution in [3.8, 4) is 0 Å². The molecular formula is C15H20N4O3. The molecule has 0 aliphatic carbocycles. The van der Waals surface area contributed by atoms with E-state index in [9.17, 15) is 4.79 Å². The van der Waals surface area contributed by atoms with Gasteiger partial charge in [0.25, 0.3) is 0 Å². The number of ether oxygens (including phenoxy) is 1. The van der Waals surface area contributed by atoms with E-state index in [-0.39, 0.29) is 18.6 Å². The molecule has 0 radical (unpaired) electrons. The molecule has 7 nitrogen and oxygen atoms in total. The van der Waals surface area contributed by atoms with Crippen LogP contribution in [0.3, 0.4) is 0 Å². The van der Waals surface area contributed by atoms with Crippen molar-refractivity contribution in [3.63, 3.8) is 0 Å². The predicted molar refractivity (Wildman–Crippen MR) is 79.6 cm³/mol. The Balaban J connectivity index is 2.01. The van der Waals surface area contributed by atoms with Gasteiger partial charge in [-0.15, -0.1) is 0 Å². The fraction of sp³-hybridized carbons (Fsp3) is 0.400. The van der Waals surface area contributed by atoms with Crippen LogP contribution < -0.4 is 5.73 Å². The predicted octanol–water partition coefficient (Wildman–Crippen LogP) is 1.44. The number of carbonyl (C=O) groups excluding carboxylic acids is 1. The molecule has 0 aliphatic rings. The van der Waals surface area contributed by atoms with E-state index < -0.39 is 6.04 Å². The fourth-order valence-corrected chi connectivity index (χ4v) is 1.92. The second-order valence-corrected chi connectivity index (χ2v) is 5.01. The zero-order chi connectivity index (χ0) is 16.1. The van der Waals surface area contributed by atoms with Gasteiger partial charge in [-0.05, 0) is 12.5 Å². The molecular weight excluding hydrogens is 284 g/mol. The summed E-state index contributed by atoms with van der Waals surface area (Å²) in [4.78, 5) is 18.0. The Kier molecular flexibility index (Phi) is 5.24. The normalized spacial score (nSPS) is 13.6. The van der Waals surface area contributed by atoms with Crippen LogP contribution in [0.5, 0.6) is 0 Å². The van der Waals surface area contributed by atoms with E-state index in [1.165, 1.54) is 4.90 Å². The molecule has 2 aromatic rings. The van der Waals surface area contributed by atoms with Crippen LogP contribution in [0.4, 0.5) is 0 Å². The second-order valence-electron chi connectivity index (χ2n) is 5.01. The van der Waals surface area contributed by atoms with Gasteiger partial charge in [0.1, 0.15) is 12.1 Å². The van der Waals surface area contributed by atoms with Gasteiger partial charge >= 0.3 is 0 Å². The molecule has 1 aromatic heterocycles. The highest BCUT2D eigenvalue weighted by Gasteiger charge is 2.22. The number of aromatic nitrogens is 2. The Labute approximate surface area is 129 Å². The van der Waals surface area contributed by atoms with E-state index in [0.717, 1.165) is 5.56 Å². The first-order chi connectivity index (χ1) is 10.5. The number of hydrogen-bond acceptors (Lipinski definition) is 6. The van der Waals surface area contributed by atoms with E-state index in [0.29, 0.717) is 11.7 Å². The van der Waals surface area contributed by atoms with Crippen LogP contribution >= 0.6 is 0 Å². The largest absolute Gasteiger partial charge is 0.374 e. The smallest absolute Gasteiger partial charge is 0.246 e. The third kappa shape index (κ3) is 3.69. The quantitative estimate of drug-likeness (QED) is 0.867. The summed E-state index contributed by atoms with van der Waals surface area (Å²) < 4.78 is 10.2. The van der Waals surface area contributed by atoms with Crippen LogP contribution in [0.25, 0.3) is 0 Å². The highest BCUT2D eigenvalue weighted by atomic mass is 16.5. The van der Waals surface area contributed by atoms with Crippen LogP contribution in [0, 0.1) is 0 Å². The molecule has 2 rings (SSSR count). The van der Waals surface area contributed by atoms with Gasteiger partial charge in [0.2, 0.25) is 11.8 Å². The van der Waals surface area contributed by atoms with Crippen molar-refractivity contribution in [1.82, 2.24) is 15.0 Å². The summed E-state index contributed by atoms with van der Waals surface area (Å²) in [6.45, 7) is 2.01. The molecule has 118 valence electrons. The Hall–Kier alpha value is -2.25. The van der Waals surface area contributed by atoms with Crippen LogP contribution in [0.15, 0.2) is 34.9 Å². The molecule has 1 amide bonds. The Bertz CT molecular complexity index is 614. The first-order valence-corrected chi connectivity index (χ1v) is 6.93. The molecule has 0 saturated heterocycles. The van der Waals surface area contributed by atoms with Gasteiger partial charge in [-0.25, -0.2) is 0 Å². The van der Waals surface area contributed by atoms with Crippen molar-refractivity contribution >= 4 is 5.91 Å². The van der Waals surface area contributed by atoms with Crippen molar-refractivity contribution in [2.75, 3.05) is 14.2 Å². The lowest BCUT2D eigenvalue weighted by Gasteiger charge is -2.19. The number of methoxy groups -OCH3 is 1. The van der Waals surface area contributed by atoms with E-state index in [2.05, 4.69) is 10.1 Å². The maximum atomic E-state index is 12.3. The molecule has 0 spiro atoms. The van der Waals surface area contributed by atoms with Crippen molar-refractivity contribution in [3.05, 3.63) is 47.6 Å². The van der Waals surface area contributed by atoms with Gasteiger partial charge in [-0.1, -0.05) is 35.5 Å². The molecule has 0 bridgehead atoms. The standard InChI is InChI=1S/C15H20N4O3/c1-10(21-3)14-17-12(22-18-14)9-19(2)15(20)13(16)11-7-5-4-6-8-11/h4-8,10,13H,9,16H2,1-3H3. The SMILES string of the molecule is COC(C)c1noc(CN(C)C(=O)C(N)c2ccccc2)n1. The lowest BCUT2D eigenvalue weighted by atomic mass is 10.1. The summed E-state index contributed by atoms with van der Waals surface area (Å²) >= 11 is 0. The molecule has 7 heteroatoms. The average molecular weight is 304 g/mol. The number of likely N-dealkylation sites (N-methyl/N-ethyl adjacent to an activating group) is 1. The molecule has 2 N–H and O–H groups in total. The third-order valence-corrected chi connectivity index (χ3v) is 3.37. The van der Waals surface area contributed by atoms with Gasteiger partial charge in [0.15, 0.2) is 5.82 Å². The number of nitrogens with two attached hydrogens (primary N) is 1. The van der Waals surface area contributed by atoms with Crippen LogP contribution in [-0.2, 0) is 16.1 Å². The number of rotatable bonds is 6. The number of carbonyl (C=O) groups is 1. The third-order valence-electron chi connectivity index (χ3n) is 3.37. The molecule has 2 unspecified atom stereocenters. The lowest BCUT2D eigenvalue weighted by molar-refractivity contribution is -0.132. The zero-order valence-corrected chi connectivity index (χ0v) is 12.9. The van der Waals surface area contributed by atoms with Crippen LogP contribution in [0.1, 0.15) is 36.3 Å². The van der Waals surface area contributed by atoms with Gasteiger partial charge in [0, 0.05) is 14.2 Å². The minimum atomic E-state index is -0.716. The summed E-state index contributed by atoms with van der Waals surface area (Å²) in [7, 11) is 3.21. The highest BCUT2D eigenvalue weighted by molar-refractivity contribution is 5.82. The van der Waals surface area contributed by atoms with Gasteiger partial charge in [-0.2, -0.15) is 4.98 Å². The first kappa shape index (κ1) is 16.1. The Morgan fingerprint density at radius 1 is 1.41 bits per heavy atom. The molecule has 2 atom stereocenters. The van der Waals surface area contributed by atoms with Crippen molar-refractivity contribution < 1.29 is 14.1 Å². The summed E-state index contributed by atoms with van der Waals surface area (Å²) in [6, 6.07) is 8.49. The van der Waals surface area contributed by atoms with Gasteiger partial charge in [-0.3, -0.25) is 4.79 Å². The molecule has 1 aromatic carbocycles. The topological polar surface area (TPSA) is 94.5 Å². The maximum Gasteiger partial charge on any atom is 0.246 e. The van der Waals surface area contributed by atoms with E-state index in [4.69, 9.17) is 15.0 Å². The van der Waals surface area contributed by atoms with Gasteiger partial charge in [0.05, 0.1) is 6.54 Å². The Morgan fingerprint density at radius 2 is 2.09 bits per heavy atom. The van der Waals surface area contributed by atoms with Crippen LogP contribution in [-0.4, -0.2) is 35.1 Å². The van der Waals surface area contributed by atoms with Gasteiger partial charge < -0.3 is 19.9 Å². The monoisotopic (exact) mass is 304 g/mol. The maximum absolute atomic E-state index is 12.3. The minimum Gasteiger partial charge on any atom is -0.374 e. The lowest BCUT2D eigenvalue weighted by Crippen LogP contribution is -2.35. The molecule has 0 saturated carbocycles. The zero-order valence-electron chi connectivity index (χ0n) is 12.9. The molecule has 22 heavy (non-hydrogen) atoms. The van der Waals surface area contributed by atoms with Crippen molar-refractivity contribution in [2.24, 2.45) is 5.73 Å². The Morgan fingerprint density at radius 3 is 2.73 bits per heavy atom. The fourth-order valence-electron chi connectivity index (χ4n) is 1.92. The minimum absolute atomic E-state index is 0.197. The van der Waals surface area contributed by atoms with Crippen LogP contribution in [0.2, 0.25) is 0 Å². The number of amides is 1. The summed E-state index contributed by atoms with van der Waals surface area (Å²) in [6.07, 6.45) is -0.259. The summed E-state index contributed by atoms with van der Waals surface area (Å²) in [5.41, 5.74) is 6.75. The first-order valence-electron chi connectivity index (χ1n) is 6.93.